The summed E-state index contributed by atoms with van der Waals surface area (Å²) >= 11 is 3.04. The van der Waals surface area contributed by atoms with Crippen LogP contribution in [0, 0.1) is 27.7 Å². The van der Waals surface area contributed by atoms with E-state index >= 15 is 0 Å². The number of carbonyl (C=O) groups excluding carboxylic acids is 4. The smallest absolute Gasteiger partial charge is 0.326 e. The monoisotopic (exact) mass is 669 g/mol. The molecular formula is C36H35N3O6S2. The van der Waals surface area contributed by atoms with E-state index in [0.717, 1.165) is 35.5 Å². The van der Waals surface area contributed by atoms with E-state index in [9.17, 15) is 29.1 Å². The van der Waals surface area contributed by atoms with Gasteiger partial charge < -0.3 is 15.7 Å². The first-order chi connectivity index (χ1) is 22.4. The van der Waals surface area contributed by atoms with Crippen LogP contribution in [0.3, 0.4) is 0 Å². The molecule has 3 N–H and O–H groups in total. The number of nitrogens with zero attached hydrogens (tertiary/aromatic N) is 1. The second kappa shape index (κ2) is 14.3. The van der Waals surface area contributed by atoms with Crippen molar-refractivity contribution in [1.29, 1.82) is 0 Å². The predicted octanol–water partition coefficient (Wildman–Crippen LogP) is 4.86. The molecule has 0 aliphatic carbocycles. The Bertz CT molecular complexity index is 1810. The van der Waals surface area contributed by atoms with Crippen LogP contribution in [0.2, 0.25) is 0 Å². The number of carbonyl (C=O) groups is 5. The number of imide groups is 1. The maximum Gasteiger partial charge on any atom is 0.326 e. The number of benzene rings is 2. The van der Waals surface area contributed by atoms with Crippen molar-refractivity contribution in [2.75, 3.05) is 6.54 Å². The first-order valence-electron chi connectivity index (χ1n) is 15.1. The highest BCUT2D eigenvalue weighted by molar-refractivity contribution is 7.12. The number of carboxylic acid groups (broad SMARTS) is 1. The van der Waals surface area contributed by atoms with Gasteiger partial charge in [-0.2, -0.15) is 0 Å². The van der Waals surface area contributed by atoms with Crippen molar-refractivity contribution >= 4 is 63.4 Å². The largest absolute Gasteiger partial charge is 0.480 e. The molecule has 1 aliphatic heterocycles. The summed E-state index contributed by atoms with van der Waals surface area (Å²) in [5.41, 5.74) is 3.29. The van der Waals surface area contributed by atoms with Crippen LogP contribution in [0.15, 0.2) is 72.8 Å². The van der Waals surface area contributed by atoms with E-state index in [1.165, 1.54) is 22.7 Å². The lowest BCUT2D eigenvalue weighted by atomic mass is 9.97. The van der Waals surface area contributed by atoms with Crippen LogP contribution in [0.4, 0.5) is 0 Å². The van der Waals surface area contributed by atoms with Crippen LogP contribution >= 0.6 is 22.7 Å². The van der Waals surface area contributed by atoms with Gasteiger partial charge in [-0.25, -0.2) is 4.79 Å². The molecule has 5 rings (SSSR count). The standard InChI is InChI=1S/C36H35N3O6S2/c1-20-15-26(22(3)46-20)31-32(27-16-21(2)47-23(27)4)35(43)39(34(31)42)19-30(40)37-28(17-24-11-7-5-8-12-24)33(41)38-29(36(44)45)18-25-13-9-6-10-14-25/h5-16,28-29H,17-19H2,1-4H3,(H,37,40)(H,38,41)(H,44,45)/t28-,29-/m0/s1. The van der Waals surface area contributed by atoms with E-state index < -0.39 is 48.2 Å². The van der Waals surface area contributed by atoms with E-state index in [1.54, 1.807) is 48.5 Å². The molecule has 2 aromatic heterocycles. The highest BCUT2D eigenvalue weighted by Gasteiger charge is 2.42. The van der Waals surface area contributed by atoms with Crippen LogP contribution in [-0.4, -0.2) is 58.2 Å². The van der Waals surface area contributed by atoms with Crippen molar-refractivity contribution in [2.45, 2.75) is 52.6 Å². The van der Waals surface area contributed by atoms with Gasteiger partial charge in [-0.1, -0.05) is 60.7 Å². The average Bonchev–Trinajstić information content (AvgIpc) is 3.63. The van der Waals surface area contributed by atoms with Gasteiger partial charge in [0.2, 0.25) is 11.8 Å². The summed E-state index contributed by atoms with van der Waals surface area (Å²) in [6.45, 7) is 7.04. The third kappa shape index (κ3) is 7.58. The van der Waals surface area contributed by atoms with Gasteiger partial charge in [0.05, 0.1) is 11.1 Å². The maximum atomic E-state index is 14.0. The molecule has 4 amide bonds. The van der Waals surface area contributed by atoms with Gasteiger partial charge in [0.15, 0.2) is 0 Å². The van der Waals surface area contributed by atoms with E-state index in [1.807, 2.05) is 52.0 Å². The zero-order valence-electron chi connectivity index (χ0n) is 26.5. The Kier molecular flexibility index (Phi) is 10.2. The fourth-order valence-electron chi connectivity index (χ4n) is 5.74. The summed E-state index contributed by atoms with van der Waals surface area (Å²) in [6, 6.07) is 19.2. The lowest BCUT2D eigenvalue weighted by molar-refractivity contribution is -0.143. The molecule has 0 saturated heterocycles. The lowest BCUT2D eigenvalue weighted by Gasteiger charge is -2.23. The lowest BCUT2D eigenvalue weighted by Crippen LogP contribution is -2.54. The summed E-state index contributed by atoms with van der Waals surface area (Å²) in [7, 11) is 0. The minimum Gasteiger partial charge on any atom is -0.480 e. The van der Waals surface area contributed by atoms with Gasteiger partial charge in [-0.05, 0) is 51.0 Å². The summed E-state index contributed by atoms with van der Waals surface area (Å²) in [6.07, 6.45) is 0.109. The molecule has 1 aliphatic rings. The Hall–Kier alpha value is -4.87. The molecule has 11 heteroatoms. The minimum atomic E-state index is -1.24. The average molecular weight is 670 g/mol. The fraction of sp³-hybridized carbons (Fsp3) is 0.250. The molecule has 3 heterocycles. The molecule has 47 heavy (non-hydrogen) atoms. The van der Waals surface area contributed by atoms with E-state index in [0.29, 0.717) is 11.1 Å². The number of nitrogens with one attached hydrogen (secondary N) is 2. The molecule has 0 unspecified atom stereocenters. The van der Waals surface area contributed by atoms with Gasteiger partial charge in [0.25, 0.3) is 11.8 Å². The Morgan fingerprint density at radius 2 is 1.15 bits per heavy atom. The number of hydrogen-bond acceptors (Lipinski definition) is 7. The number of thiophene rings is 2. The van der Waals surface area contributed by atoms with Gasteiger partial charge in [-0.15, -0.1) is 22.7 Å². The number of rotatable bonds is 12. The topological polar surface area (TPSA) is 133 Å². The van der Waals surface area contributed by atoms with Gasteiger partial charge in [-0.3, -0.25) is 24.1 Å². The Morgan fingerprint density at radius 3 is 1.55 bits per heavy atom. The zero-order valence-corrected chi connectivity index (χ0v) is 28.1. The van der Waals surface area contributed by atoms with E-state index in [-0.39, 0.29) is 24.0 Å². The van der Waals surface area contributed by atoms with Crippen molar-refractivity contribution in [2.24, 2.45) is 0 Å². The van der Waals surface area contributed by atoms with E-state index in [4.69, 9.17) is 0 Å². The van der Waals surface area contributed by atoms with Crippen LogP contribution in [0.25, 0.3) is 11.1 Å². The zero-order chi connectivity index (χ0) is 33.8. The van der Waals surface area contributed by atoms with Gasteiger partial charge >= 0.3 is 5.97 Å². The fourth-order valence-corrected chi connectivity index (χ4v) is 7.60. The Morgan fingerprint density at radius 1 is 0.702 bits per heavy atom. The summed E-state index contributed by atoms with van der Waals surface area (Å²) in [4.78, 5) is 71.8. The third-order valence-electron chi connectivity index (χ3n) is 7.92. The minimum absolute atomic E-state index is 0.0465. The van der Waals surface area contributed by atoms with Gasteiger partial charge in [0, 0.05) is 43.5 Å². The van der Waals surface area contributed by atoms with Crippen molar-refractivity contribution in [3.05, 3.63) is 115 Å². The second-order valence-electron chi connectivity index (χ2n) is 11.5. The number of carboxylic acids is 1. The normalized spacial score (nSPS) is 14.3. The first kappa shape index (κ1) is 33.5. The summed E-state index contributed by atoms with van der Waals surface area (Å²) in [5.74, 6) is -3.80. The summed E-state index contributed by atoms with van der Waals surface area (Å²) < 4.78 is 0. The Balaban J connectivity index is 1.39. The van der Waals surface area contributed by atoms with Crippen molar-refractivity contribution in [3.63, 3.8) is 0 Å². The molecule has 4 aromatic rings. The second-order valence-corrected chi connectivity index (χ2v) is 14.4. The van der Waals surface area contributed by atoms with Crippen LogP contribution in [-0.2, 0) is 36.8 Å². The molecule has 2 atom stereocenters. The SMILES string of the molecule is Cc1cc(C2=C(c3cc(C)sc3C)C(=O)N(CC(=O)N[C@@H](Cc3ccccc3)C(=O)N[C@@H](Cc3ccccc3)C(=O)O)C2=O)c(C)s1. The molecule has 0 radical (unpaired) electrons. The third-order valence-corrected chi connectivity index (χ3v) is 9.85. The molecule has 242 valence electrons. The molecule has 0 spiro atoms. The van der Waals surface area contributed by atoms with Crippen LogP contribution < -0.4 is 10.6 Å². The number of amides is 4. The van der Waals surface area contributed by atoms with Gasteiger partial charge in [0.1, 0.15) is 18.6 Å². The van der Waals surface area contributed by atoms with Crippen LogP contribution in [0.5, 0.6) is 0 Å². The maximum absolute atomic E-state index is 14.0. The first-order valence-corrected chi connectivity index (χ1v) is 16.7. The molecule has 0 bridgehead atoms. The van der Waals surface area contributed by atoms with Crippen molar-refractivity contribution < 1.29 is 29.1 Å². The molecule has 9 nitrogen and oxygen atoms in total. The quantitative estimate of drug-likeness (QED) is 0.185. The van der Waals surface area contributed by atoms with Crippen molar-refractivity contribution in [1.82, 2.24) is 15.5 Å². The highest BCUT2D eigenvalue weighted by Crippen LogP contribution is 2.41. The molecular weight excluding hydrogens is 635 g/mol. The highest BCUT2D eigenvalue weighted by atomic mass is 32.1. The van der Waals surface area contributed by atoms with E-state index in [2.05, 4.69) is 10.6 Å². The number of aryl methyl sites for hydroxylation is 4. The predicted molar refractivity (Wildman–Crippen MR) is 183 cm³/mol. The Labute approximate surface area is 280 Å². The number of hydrogen-bond donors (Lipinski definition) is 3. The molecule has 2 aromatic carbocycles. The van der Waals surface area contributed by atoms with Crippen LogP contribution in [0.1, 0.15) is 41.8 Å². The summed E-state index contributed by atoms with van der Waals surface area (Å²) in [5, 5.41) is 15.1. The number of aliphatic carboxylic acids is 1. The van der Waals surface area contributed by atoms with Crippen molar-refractivity contribution in [3.8, 4) is 0 Å². The molecule has 0 fully saturated rings. The molecule has 0 saturated carbocycles.